The third kappa shape index (κ3) is 2.93. The van der Waals surface area contributed by atoms with Crippen LogP contribution in [0.25, 0.3) is 22.9 Å². The summed E-state index contributed by atoms with van der Waals surface area (Å²) in [5.41, 5.74) is 9.12. The molecule has 0 bridgehead atoms. The number of anilines is 1. The van der Waals surface area contributed by atoms with E-state index < -0.39 is 11.6 Å². The molecule has 2 aromatic rings. The van der Waals surface area contributed by atoms with E-state index in [1.54, 1.807) is 30.1 Å². The number of pyridine rings is 1. The van der Waals surface area contributed by atoms with Gasteiger partial charge in [0.1, 0.15) is 5.82 Å². The van der Waals surface area contributed by atoms with Gasteiger partial charge < -0.3 is 20.7 Å². The summed E-state index contributed by atoms with van der Waals surface area (Å²) in [6, 6.07) is 6.11. The van der Waals surface area contributed by atoms with Gasteiger partial charge >= 0.3 is 0 Å². The number of nitrogens with one attached hydrogen (secondary N) is 3. The van der Waals surface area contributed by atoms with Gasteiger partial charge in [0, 0.05) is 25.0 Å². The summed E-state index contributed by atoms with van der Waals surface area (Å²) in [6.45, 7) is 5.78. The first kappa shape index (κ1) is 18.0. The van der Waals surface area contributed by atoms with Crippen LogP contribution in [-0.4, -0.2) is 11.6 Å². The van der Waals surface area contributed by atoms with Crippen molar-refractivity contribution in [2.45, 2.75) is 6.92 Å². The van der Waals surface area contributed by atoms with Gasteiger partial charge in [-0.15, -0.1) is 0 Å². The fraction of sp³-hybridized carbons (Fsp3) is 0.105. The first-order chi connectivity index (χ1) is 12.5. The van der Waals surface area contributed by atoms with Crippen molar-refractivity contribution in [1.29, 1.82) is 0 Å². The fourth-order valence-corrected chi connectivity index (χ4v) is 3.32. The van der Waals surface area contributed by atoms with Gasteiger partial charge in [-0.3, -0.25) is 0 Å². The van der Waals surface area contributed by atoms with Gasteiger partial charge in [-0.05, 0) is 42.8 Å². The molecule has 0 amide bonds. The highest BCUT2D eigenvalue weighted by Crippen LogP contribution is 2.33. The Hall–Kier alpha value is -2.85. The minimum atomic E-state index is -0.643. The molecular formula is C19H19F2N4P. The number of rotatable bonds is 4. The molecule has 0 atom stereocenters. The summed E-state index contributed by atoms with van der Waals surface area (Å²) in [7, 11) is 5.13. The van der Waals surface area contributed by atoms with E-state index in [4.69, 9.17) is 0 Å². The Bertz CT molecular complexity index is 1010. The summed E-state index contributed by atoms with van der Waals surface area (Å²) < 4.78 is 30.9. The van der Waals surface area contributed by atoms with Crippen molar-refractivity contribution in [2.24, 2.45) is 0 Å². The molecule has 0 radical (unpaired) electrons. The van der Waals surface area contributed by atoms with Crippen LogP contribution < -0.4 is 16.2 Å². The number of benzene rings is 1. The maximum Gasteiger partial charge on any atom is 0.157 e. The molecule has 0 spiro atoms. The quantitative estimate of drug-likeness (QED) is 0.687. The van der Waals surface area contributed by atoms with Crippen molar-refractivity contribution >= 4 is 26.3 Å². The Balaban J connectivity index is 2.25. The summed E-state index contributed by atoms with van der Waals surface area (Å²) in [6.07, 6.45) is 5.28. The molecule has 7 heteroatoms. The Kier molecular flexibility index (Phi) is 4.96. The highest BCUT2D eigenvalue weighted by Gasteiger charge is 2.18. The minimum Gasteiger partial charge on any atom is -0.386 e. The van der Waals surface area contributed by atoms with Crippen LogP contribution in [0.15, 0.2) is 48.8 Å². The Morgan fingerprint density at radius 1 is 1.27 bits per heavy atom. The average Bonchev–Trinajstić information content (AvgIpc) is 3.17. The summed E-state index contributed by atoms with van der Waals surface area (Å²) >= 11 is 0. The maximum atomic E-state index is 14.7. The summed E-state index contributed by atoms with van der Waals surface area (Å²) in [5.74, 6) is -1.28. The van der Waals surface area contributed by atoms with Crippen molar-refractivity contribution in [2.75, 3.05) is 12.4 Å². The van der Waals surface area contributed by atoms with Crippen molar-refractivity contribution in [1.82, 2.24) is 15.4 Å². The largest absolute Gasteiger partial charge is 0.386 e. The minimum absolute atomic E-state index is 0.102. The second-order valence-electron chi connectivity index (χ2n) is 5.71. The molecule has 0 saturated heterocycles. The van der Waals surface area contributed by atoms with Gasteiger partial charge in [0.15, 0.2) is 5.82 Å². The number of aromatic nitrogens is 1. The van der Waals surface area contributed by atoms with Crippen LogP contribution in [0.5, 0.6) is 0 Å². The third-order valence-corrected chi connectivity index (χ3v) is 4.81. The second-order valence-corrected chi connectivity index (χ2v) is 6.18. The highest BCUT2D eigenvalue weighted by atomic mass is 31.0. The SMILES string of the molecule is C=Cn1c(/C(C)=C2\C=CNN2)ccc(-c2c(F)ccc(NC)c2F)c1=P. The van der Waals surface area contributed by atoms with E-state index in [1.807, 2.05) is 19.1 Å². The van der Waals surface area contributed by atoms with Gasteiger partial charge in [-0.2, -0.15) is 0 Å². The van der Waals surface area contributed by atoms with E-state index >= 15 is 0 Å². The van der Waals surface area contributed by atoms with E-state index in [1.165, 1.54) is 12.1 Å². The van der Waals surface area contributed by atoms with Gasteiger partial charge in [0.05, 0.1) is 27.7 Å². The molecule has 3 rings (SSSR count). The molecule has 2 heterocycles. The lowest BCUT2D eigenvalue weighted by molar-refractivity contribution is 0.591. The third-order valence-electron chi connectivity index (χ3n) is 4.30. The van der Waals surface area contributed by atoms with Crippen LogP contribution in [-0.2, 0) is 0 Å². The van der Waals surface area contributed by atoms with E-state index in [-0.39, 0.29) is 11.3 Å². The van der Waals surface area contributed by atoms with Crippen LogP contribution in [0.1, 0.15) is 12.6 Å². The van der Waals surface area contributed by atoms with Gasteiger partial charge in [0.25, 0.3) is 0 Å². The van der Waals surface area contributed by atoms with Crippen molar-refractivity contribution in [3.05, 3.63) is 71.2 Å². The van der Waals surface area contributed by atoms with Crippen molar-refractivity contribution in [3.63, 3.8) is 0 Å². The van der Waals surface area contributed by atoms with E-state index in [9.17, 15) is 8.78 Å². The van der Waals surface area contributed by atoms with Crippen LogP contribution in [0, 0.1) is 16.7 Å². The van der Waals surface area contributed by atoms with Crippen LogP contribution in [0.2, 0.25) is 0 Å². The molecule has 3 N–H and O–H groups in total. The monoisotopic (exact) mass is 372 g/mol. The van der Waals surface area contributed by atoms with Crippen molar-refractivity contribution in [3.8, 4) is 11.1 Å². The van der Waals surface area contributed by atoms with Crippen LogP contribution >= 0.6 is 8.86 Å². The molecule has 134 valence electrons. The van der Waals surface area contributed by atoms with Crippen LogP contribution in [0.3, 0.4) is 0 Å². The Morgan fingerprint density at radius 2 is 2.04 bits per heavy atom. The smallest absolute Gasteiger partial charge is 0.157 e. The average molecular weight is 372 g/mol. The van der Waals surface area contributed by atoms with Crippen molar-refractivity contribution < 1.29 is 8.78 Å². The van der Waals surface area contributed by atoms with Crippen LogP contribution in [0.4, 0.5) is 14.5 Å². The summed E-state index contributed by atoms with van der Waals surface area (Å²) in [5, 5.41) is 3.23. The zero-order valence-corrected chi connectivity index (χ0v) is 15.5. The molecule has 1 aliphatic heterocycles. The Labute approximate surface area is 152 Å². The number of nitrogens with zero attached hydrogens (tertiary/aromatic N) is 1. The van der Waals surface area contributed by atoms with E-state index in [0.717, 1.165) is 17.0 Å². The molecule has 1 aromatic carbocycles. The molecule has 1 aromatic heterocycles. The molecule has 1 aliphatic rings. The lowest BCUT2D eigenvalue weighted by Gasteiger charge is -2.17. The normalized spacial score (nSPS) is 14.6. The molecular weight excluding hydrogens is 353 g/mol. The number of allylic oxidation sites excluding steroid dienone is 2. The summed E-state index contributed by atoms with van der Waals surface area (Å²) in [4.78, 5) is 0. The lowest BCUT2D eigenvalue weighted by atomic mass is 10.0. The first-order valence-corrected chi connectivity index (χ1v) is 8.47. The van der Waals surface area contributed by atoms with E-state index in [0.29, 0.717) is 10.6 Å². The van der Waals surface area contributed by atoms with Gasteiger partial charge in [-0.1, -0.05) is 15.4 Å². The molecule has 0 unspecified atom stereocenters. The zero-order valence-electron chi connectivity index (χ0n) is 14.5. The van der Waals surface area contributed by atoms with Gasteiger partial charge in [0.2, 0.25) is 0 Å². The molecule has 0 aliphatic carbocycles. The highest BCUT2D eigenvalue weighted by molar-refractivity contribution is 7.07. The fourth-order valence-electron chi connectivity index (χ4n) is 2.90. The predicted octanol–water partition coefficient (Wildman–Crippen LogP) is 4.60. The zero-order chi connectivity index (χ0) is 18.8. The first-order valence-electron chi connectivity index (χ1n) is 7.97. The molecule has 4 nitrogen and oxygen atoms in total. The van der Waals surface area contributed by atoms with Gasteiger partial charge in [-0.25, -0.2) is 8.78 Å². The topological polar surface area (TPSA) is 41.0 Å². The second kappa shape index (κ2) is 7.18. The lowest BCUT2D eigenvalue weighted by Crippen LogP contribution is -2.20. The standard InChI is InChI=1S/C19H19F2N4P/c1-4-25-16(11(2)14-9-10-23-24-14)8-5-12(19(25)26)17-13(20)6-7-15(22-3)18(17)21/h4-10,22-24,26H,1H2,2-3H3/b14-11+. The molecule has 0 fully saturated rings. The number of hydrazine groups is 1. The number of halogens is 2. The predicted molar refractivity (Wildman–Crippen MR) is 105 cm³/mol. The molecule has 0 saturated carbocycles. The molecule has 26 heavy (non-hydrogen) atoms. The number of hydrogen-bond donors (Lipinski definition) is 3. The Morgan fingerprint density at radius 3 is 2.65 bits per heavy atom. The van der Waals surface area contributed by atoms with E-state index in [2.05, 4.69) is 31.6 Å². The number of hydrogen-bond acceptors (Lipinski definition) is 3. The maximum absolute atomic E-state index is 14.7.